The number of rotatable bonds is 5. The fourth-order valence-electron chi connectivity index (χ4n) is 2.23. The summed E-state index contributed by atoms with van der Waals surface area (Å²) in [5.41, 5.74) is 0. The molecule has 1 aliphatic rings. The van der Waals surface area contributed by atoms with Gasteiger partial charge >= 0.3 is 0 Å². The predicted molar refractivity (Wildman–Crippen MR) is 63.0 cm³/mol. The van der Waals surface area contributed by atoms with Gasteiger partial charge in [0, 0.05) is 34.9 Å². The fourth-order valence-corrected chi connectivity index (χ4v) is 2.56. The van der Waals surface area contributed by atoms with Crippen molar-refractivity contribution >= 4 is 10.8 Å². The summed E-state index contributed by atoms with van der Waals surface area (Å²) in [5, 5.41) is 3.86. The van der Waals surface area contributed by atoms with Crippen LogP contribution in [0.1, 0.15) is 39.5 Å². The molecule has 0 saturated heterocycles. The monoisotopic (exact) mass is 217 g/mol. The standard InChI is InChI=1S/C11H23NOS/c1-4-10-6-5-7-11(10)12-8-9(2)14(3)13/h9-12H,4-8H2,1-3H3. The van der Waals surface area contributed by atoms with E-state index in [4.69, 9.17) is 0 Å². The van der Waals surface area contributed by atoms with Crippen LogP contribution >= 0.6 is 0 Å². The molecule has 1 aliphatic carbocycles. The highest BCUT2D eigenvalue weighted by Gasteiger charge is 2.25. The molecule has 0 heterocycles. The normalized spacial score (nSPS) is 31.6. The summed E-state index contributed by atoms with van der Waals surface area (Å²) < 4.78 is 11.2. The van der Waals surface area contributed by atoms with Crippen LogP contribution < -0.4 is 5.32 Å². The van der Waals surface area contributed by atoms with E-state index in [1.165, 1.54) is 25.7 Å². The number of hydrogen-bond donors (Lipinski definition) is 1. The van der Waals surface area contributed by atoms with Crippen molar-refractivity contribution in [3.63, 3.8) is 0 Å². The van der Waals surface area contributed by atoms with Crippen LogP contribution in [0.4, 0.5) is 0 Å². The van der Waals surface area contributed by atoms with E-state index in [0.29, 0.717) is 6.04 Å². The zero-order valence-electron chi connectivity index (χ0n) is 9.58. The van der Waals surface area contributed by atoms with E-state index < -0.39 is 10.8 Å². The van der Waals surface area contributed by atoms with Crippen molar-refractivity contribution in [3.05, 3.63) is 0 Å². The summed E-state index contributed by atoms with van der Waals surface area (Å²) >= 11 is 0. The minimum Gasteiger partial charge on any atom is -0.313 e. The van der Waals surface area contributed by atoms with Crippen molar-refractivity contribution in [2.45, 2.75) is 50.8 Å². The maximum Gasteiger partial charge on any atom is 0.0441 e. The largest absolute Gasteiger partial charge is 0.313 e. The van der Waals surface area contributed by atoms with Crippen LogP contribution in [0.25, 0.3) is 0 Å². The lowest BCUT2D eigenvalue weighted by Crippen LogP contribution is -2.37. The molecule has 0 radical (unpaired) electrons. The van der Waals surface area contributed by atoms with E-state index in [0.717, 1.165) is 12.5 Å². The Bertz CT molecular complexity index is 196. The highest BCUT2D eigenvalue weighted by Crippen LogP contribution is 2.27. The molecule has 1 N–H and O–H groups in total. The van der Waals surface area contributed by atoms with Gasteiger partial charge in [0.2, 0.25) is 0 Å². The van der Waals surface area contributed by atoms with Gasteiger partial charge in [-0.15, -0.1) is 0 Å². The first-order chi connectivity index (χ1) is 6.65. The molecule has 0 aromatic heterocycles. The van der Waals surface area contributed by atoms with Gasteiger partial charge in [0.1, 0.15) is 0 Å². The van der Waals surface area contributed by atoms with Crippen molar-refractivity contribution in [1.29, 1.82) is 0 Å². The van der Waals surface area contributed by atoms with Crippen molar-refractivity contribution in [2.75, 3.05) is 12.8 Å². The zero-order chi connectivity index (χ0) is 10.6. The predicted octanol–water partition coefficient (Wildman–Crippen LogP) is 1.92. The summed E-state index contributed by atoms with van der Waals surface area (Å²) in [7, 11) is -0.686. The molecule has 1 saturated carbocycles. The minimum atomic E-state index is -0.686. The first kappa shape index (κ1) is 12.2. The van der Waals surface area contributed by atoms with Gasteiger partial charge in [-0.05, 0) is 25.7 Å². The highest BCUT2D eigenvalue weighted by molar-refractivity contribution is 7.84. The maximum absolute atomic E-state index is 11.2. The van der Waals surface area contributed by atoms with Gasteiger partial charge in [0.05, 0.1) is 0 Å². The Kier molecular flexibility index (Phi) is 5.10. The third-order valence-electron chi connectivity index (χ3n) is 3.42. The Hall–Kier alpha value is 0.110. The Balaban J connectivity index is 2.26. The van der Waals surface area contributed by atoms with Crippen molar-refractivity contribution in [3.8, 4) is 0 Å². The molecular formula is C11H23NOS. The molecule has 1 fully saturated rings. The Morgan fingerprint density at radius 2 is 2.21 bits per heavy atom. The molecule has 4 unspecified atom stereocenters. The Morgan fingerprint density at radius 1 is 1.50 bits per heavy atom. The second-order valence-corrected chi connectivity index (χ2v) is 6.23. The third kappa shape index (κ3) is 3.35. The topological polar surface area (TPSA) is 29.1 Å². The lowest BCUT2D eigenvalue weighted by atomic mass is 10.0. The van der Waals surface area contributed by atoms with Gasteiger partial charge in [-0.3, -0.25) is 4.21 Å². The lowest BCUT2D eigenvalue weighted by Gasteiger charge is -2.21. The summed E-state index contributed by atoms with van der Waals surface area (Å²) in [4.78, 5) is 0. The quantitative estimate of drug-likeness (QED) is 0.762. The van der Waals surface area contributed by atoms with Crippen LogP contribution in [0.15, 0.2) is 0 Å². The highest BCUT2D eigenvalue weighted by atomic mass is 32.2. The number of nitrogens with one attached hydrogen (secondary N) is 1. The summed E-state index contributed by atoms with van der Waals surface area (Å²) in [6.45, 7) is 5.23. The van der Waals surface area contributed by atoms with Gasteiger partial charge in [-0.25, -0.2) is 0 Å². The van der Waals surface area contributed by atoms with Crippen LogP contribution in [0.3, 0.4) is 0 Å². The molecule has 3 heteroatoms. The smallest absolute Gasteiger partial charge is 0.0441 e. The zero-order valence-corrected chi connectivity index (χ0v) is 10.4. The first-order valence-corrected chi connectivity index (χ1v) is 7.32. The fraction of sp³-hybridized carbons (Fsp3) is 1.00. The van der Waals surface area contributed by atoms with E-state index in [-0.39, 0.29) is 5.25 Å². The molecule has 14 heavy (non-hydrogen) atoms. The molecular weight excluding hydrogens is 194 g/mol. The summed E-state index contributed by atoms with van der Waals surface area (Å²) in [6.07, 6.45) is 7.11. The molecule has 0 aromatic rings. The summed E-state index contributed by atoms with van der Waals surface area (Å²) in [6, 6.07) is 0.686. The van der Waals surface area contributed by atoms with E-state index in [2.05, 4.69) is 19.2 Å². The average Bonchev–Trinajstić information content (AvgIpc) is 2.60. The second-order valence-electron chi connectivity index (χ2n) is 4.42. The van der Waals surface area contributed by atoms with Gasteiger partial charge in [0.15, 0.2) is 0 Å². The lowest BCUT2D eigenvalue weighted by molar-refractivity contribution is 0.392. The van der Waals surface area contributed by atoms with E-state index in [1.807, 2.05) is 0 Å². The van der Waals surface area contributed by atoms with Crippen molar-refractivity contribution in [1.82, 2.24) is 5.32 Å². The molecule has 0 spiro atoms. The van der Waals surface area contributed by atoms with Gasteiger partial charge < -0.3 is 5.32 Å². The van der Waals surface area contributed by atoms with Crippen molar-refractivity contribution < 1.29 is 4.21 Å². The molecule has 1 rings (SSSR count). The van der Waals surface area contributed by atoms with E-state index in [9.17, 15) is 4.21 Å². The van der Waals surface area contributed by atoms with Crippen LogP contribution in [-0.4, -0.2) is 28.3 Å². The molecule has 0 aliphatic heterocycles. The minimum absolute atomic E-state index is 0.285. The SMILES string of the molecule is CCC1CCCC1NCC(C)S(C)=O. The van der Waals surface area contributed by atoms with Crippen LogP contribution in [0.2, 0.25) is 0 Å². The van der Waals surface area contributed by atoms with Crippen LogP contribution in [0.5, 0.6) is 0 Å². The molecule has 4 atom stereocenters. The van der Waals surface area contributed by atoms with Crippen LogP contribution in [-0.2, 0) is 10.8 Å². The molecule has 0 bridgehead atoms. The molecule has 2 nitrogen and oxygen atoms in total. The second kappa shape index (κ2) is 5.86. The molecule has 0 amide bonds. The third-order valence-corrected chi connectivity index (χ3v) is 4.72. The van der Waals surface area contributed by atoms with Crippen LogP contribution in [0, 0.1) is 5.92 Å². The molecule has 84 valence electrons. The Morgan fingerprint density at radius 3 is 2.79 bits per heavy atom. The Labute approximate surface area is 90.3 Å². The summed E-state index contributed by atoms with van der Waals surface area (Å²) in [5.74, 6) is 0.854. The van der Waals surface area contributed by atoms with Crippen molar-refractivity contribution in [2.24, 2.45) is 5.92 Å². The van der Waals surface area contributed by atoms with E-state index in [1.54, 1.807) is 6.26 Å². The average molecular weight is 217 g/mol. The van der Waals surface area contributed by atoms with Gasteiger partial charge in [-0.1, -0.05) is 19.8 Å². The van der Waals surface area contributed by atoms with E-state index >= 15 is 0 Å². The molecule has 0 aromatic carbocycles. The maximum atomic E-state index is 11.2. The number of hydrogen-bond acceptors (Lipinski definition) is 2. The van der Waals surface area contributed by atoms with Gasteiger partial charge in [0.25, 0.3) is 0 Å². The van der Waals surface area contributed by atoms with Gasteiger partial charge in [-0.2, -0.15) is 0 Å². The first-order valence-electron chi connectivity index (χ1n) is 5.70.